The van der Waals surface area contributed by atoms with Crippen molar-refractivity contribution in [1.82, 2.24) is 25.4 Å². The number of pyridine rings is 2. The van der Waals surface area contributed by atoms with E-state index in [-0.39, 0.29) is 12.4 Å². The predicted octanol–water partition coefficient (Wildman–Crippen LogP) is 2.46. The first-order chi connectivity index (χ1) is 13.7. The molecule has 0 fully saturated rings. The molecule has 9 heteroatoms. The van der Waals surface area contributed by atoms with Crippen molar-refractivity contribution in [1.29, 1.82) is 5.26 Å². The van der Waals surface area contributed by atoms with Crippen molar-refractivity contribution in [3.8, 4) is 28.8 Å². The van der Waals surface area contributed by atoms with Crippen molar-refractivity contribution >= 4 is 17.0 Å². The predicted molar refractivity (Wildman–Crippen MR) is 101 cm³/mol. The Morgan fingerprint density at radius 2 is 2.00 bits per heavy atom. The molecule has 0 spiro atoms. The van der Waals surface area contributed by atoms with E-state index in [4.69, 9.17) is 15.2 Å². The van der Waals surface area contributed by atoms with Crippen LogP contribution in [0.3, 0.4) is 0 Å². The number of aromatic amines is 1. The van der Waals surface area contributed by atoms with E-state index in [1.807, 2.05) is 18.2 Å². The third-order valence-corrected chi connectivity index (χ3v) is 4.17. The van der Waals surface area contributed by atoms with E-state index in [1.165, 1.54) is 0 Å². The number of nitrogens with two attached hydrogens (primary N) is 1. The molecular formula is C19H15N7O2. The van der Waals surface area contributed by atoms with Crippen LogP contribution in [-0.4, -0.2) is 32.5 Å². The van der Waals surface area contributed by atoms with Crippen molar-refractivity contribution in [2.45, 2.75) is 6.61 Å². The molecule has 0 unspecified atom stereocenters. The summed E-state index contributed by atoms with van der Waals surface area (Å²) in [4.78, 5) is 8.26. The number of methoxy groups -OCH3 is 1. The lowest BCUT2D eigenvalue weighted by Gasteiger charge is -2.10. The van der Waals surface area contributed by atoms with Crippen LogP contribution in [0.2, 0.25) is 0 Å². The number of hydrogen-bond donors (Lipinski definition) is 2. The fourth-order valence-corrected chi connectivity index (χ4v) is 2.75. The molecule has 0 radical (unpaired) electrons. The van der Waals surface area contributed by atoms with Crippen LogP contribution in [0.4, 0.5) is 5.82 Å². The highest BCUT2D eigenvalue weighted by Crippen LogP contribution is 2.26. The number of anilines is 1. The number of ether oxygens (including phenoxy) is 2. The van der Waals surface area contributed by atoms with Crippen LogP contribution in [0.1, 0.15) is 11.1 Å². The van der Waals surface area contributed by atoms with E-state index in [0.29, 0.717) is 28.4 Å². The zero-order chi connectivity index (χ0) is 19.5. The summed E-state index contributed by atoms with van der Waals surface area (Å²) in [6, 6.07) is 13.0. The molecule has 0 aliphatic carbocycles. The smallest absolute Gasteiger partial charge is 0.212 e. The van der Waals surface area contributed by atoms with Gasteiger partial charge < -0.3 is 15.2 Å². The molecule has 0 amide bonds. The first kappa shape index (κ1) is 17.2. The highest BCUT2D eigenvalue weighted by atomic mass is 16.5. The summed E-state index contributed by atoms with van der Waals surface area (Å²) in [5, 5.41) is 20.0. The number of fused-ring (bicyclic) bond motifs is 1. The van der Waals surface area contributed by atoms with Crippen molar-refractivity contribution in [3.05, 3.63) is 53.7 Å². The molecular weight excluding hydrogens is 358 g/mol. The van der Waals surface area contributed by atoms with Gasteiger partial charge in [0.2, 0.25) is 11.5 Å². The van der Waals surface area contributed by atoms with Gasteiger partial charge >= 0.3 is 0 Å². The standard InChI is InChI=1S/C19H15N7O2/c1-27-17-5-4-12(9-22-17)11-2-3-13(14(6-11)8-20)10-28-15-7-16(21)23-19-18(15)24-26-25-19/h2-7,9H,10H2,1H3,(H3,21,23,24,25,26). The van der Waals surface area contributed by atoms with Crippen LogP contribution in [0.25, 0.3) is 22.3 Å². The minimum absolute atomic E-state index is 0.176. The monoisotopic (exact) mass is 373 g/mol. The molecule has 0 aliphatic heterocycles. The second-order valence-electron chi connectivity index (χ2n) is 5.90. The molecule has 0 saturated carbocycles. The molecule has 1 aromatic carbocycles. The first-order valence-electron chi connectivity index (χ1n) is 8.31. The second kappa shape index (κ2) is 7.20. The molecule has 4 aromatic rings. The fraction of sp³-hybridized carbons (Fsp3) is 0.105. The minimum atomic E-state index is 0.176. The Morgan fingerprint density at radius 1 is 1.14 bits per heavy atom. The lowest BCUT2D eigenvalue weighted by Crippen LogP contribution is -2.01. The summed E-state index contributed by atoms with van der Waals surface area (Å²) in [5.74, 6) is 1.26. The van der Waals surface area contributed by atoms with Gasteiger partial charge in [-0.3, -0.25) is 0 Å². The van der Waals surface area contributed by atoms with Crippen LogP contribution in [-0.2, 0) is 6.61 Å². The summed E-state index contributed by atoms with van der Waals surface area (Å²) in [6.45, 7) is 0.176. The van der Waals surface area contributed by atoms with Crippen LogP contribution in [0.15, 0.2) is 42.6 Å². The van der Waals surface area contributed by atoms with Gasteiger partial charge in [-0.2, -0.15) is 15.6 Å². The van der Waals surface area contributed by atoms with Crippen molar-refractivity contribution in [3.63, 3.8) is 0 Å². The van der Waals surface area contributed by atoms with Gasteiger partial charge in [-0.1, -0.05) is 12.1 Å². The number of nitriles is 1. The molecule has 3 heterocycles. The molecule has 0 aliphatic rings. The number of H-pyrrole nitrogens is 1. The Bertz CT molecular complexity index is 1180. The lowest BCUT2D eigenvalue weighted by atomic mass is 10.0. The normalized spacial score (nSPS) is 10.6. The minimum Gasteiger partial charge on any atom is -0.486 e. The van der Waals surface area contributed by atoms with Gasteiger partial charge in [0.05, 0.1) is 18.7 Å². The highest BCUT2D eigenvalue weighted by Gasteiger charge is 2.12. The van der Waals surface area contributed by atoms with Gasteiger partial charge in [-0.25, -0.2) is 9.97 Å². The van der Waals surface area contributed by atoms with Crippen molar-refractivity contribution in [2.24, 2.45) is 0 Å². The maximum atomic E-state index is 9.55. The number of nitrogen functional groups attached to an aromatic ring is 1. The Balaban J connectivity index is 1.59. The number of benzene rings is 1. The zero-order valence-electron chi connectivity index (χ0n) is 14.9. The van der Waals surface area contributed by atoms with Crippen LogP contribution < -0.4 is 15.2 Å². The van der Waals surface area contributed by atoms with Gasteiger partial charge in [-0.05, 0) is 17.7 Å². The lowest BCUT2D eigenvalue weighted by molar-refractivity contribution is 0.309. The maximum absolute atomic E-state index is 9.55. The third kappa shape index (κ3) is 3.26. The molecule has 0 saturated heterocycles. The second-order valence-corrected chi connectivity index (χ2v) is 5.90. The van der Waals surface area contributed by atoms with Gasteiger partial charge in [0.25, 0.3) is 0 Å². The van der Waals surface area contributed by atoms with E-state index in [9.17, 15) is 5.26 Å². The number of rotatable bonds is 5. The Morgan fingerprint density at radius 3 is 2.75 bits per heavy atom. The van der Waals surface area contributed by atoms with Crippen molar-refractivity contribution in [2.75, 3.05) is 12.8 Å². The quantitative estimate of drug-likeness (QED) is 0.544. The Labute approximate surface area is 159 Å². The average molecular weight is 373 g/mol. The van der Waals surface area contributed by atoms with Gasteiger partial charge in [0, 0.05) is 29.5 Å². The molecule has 0 atom stereocenters. The maximum Gasteiger partial charge on any atom is 0.212 e. The molecule has 4 rings (SSSR count). The molecule has 138 valence electrons. The zero-order valence-corrected chi connectivity index (χ0v) is 14.9. The van der Waals surface area contributed by atoms with Crippen molar-refractivity contribution < 1.29 is 9.47 Å². The van der Waals surface area contributed by atoms with Gasteiger partial charge in [-0.15, -0.1) is 5.10 Å². The fourth-order valence-electron chi connectivity index (χ4n) is 2.75. The summed E-state index contributed by atoms with van der Waals surface area (Å²) in [6.07, 6.45) is 1.70. The average Bonchev–Trinajstić information content (AvgIpc) is 3.20. The molecule has 28 heavy (non-hydrogen) atoms. The molecule has 3 N–H and O–H groups in total. The summed E-state index contributed by atoms with van der Waals surface area (Å²) < 4.78 is 10.9. The SMILES string of the molecule is COc1ccc(-c2ccc(COc3cc(N)nc4n[nH]nc34)c(C#N)c2)cn1. The number of nitrogens with zero attached hydrogens (tertiary/aromatic N) is 5. The third-order valence-electron chi connectivity index (χ3n) is 4.17. The van der Waals surface area contributed by atoms with E-state index < -0.39 is 0 Å². The Hall–Kier alpha value is -4.19. The highest BCUT2D eigenvalue weighted by molar-refractivity contribution is 5.78. The first-order valence-corrected chi connectivity index (χ1v) is 8.31. The number of nitrogens with one attached hydrogen (secondary N) is 1. The van der Waals surface area contributed by atoms with E-state index >= 15 is 0 Å². The van der Waals surface area contributed by atoms with E-state index in [2.05, 4.69) is 31.4 Å². The van der Waals surface area contributed by atoms with Crippen LogP contribution in [0, 0.1) is 11.3 Å². The molecule has 3 aromatic heterocycles. The van der Waals surface area contributed by atoms with E-state index in [0.717, 1.165) is 16.7 Å². The largest absolute Gasteiger partial charge is 0.486 e. The summed E-state index contributed by atoms with van der Waals surface area (Å²) >= 11 is 0. The summed E-state index contributed by atoms with van der Waals surface area (Å²) in [7, 11) is 1.56. The molecule has 0 bridgehead atoms. The van der Waals surface area contributed by atoms with E-state index in [1.54, 1.807) is 31.5 Å². The number of aromatic nitrogens is 5. The number of hydrogen-bond acceptors (Lipinski definition) is 8. The topological polar surface area (TPSA) is 136 Å². The van der Waals surface area contributed by atoms with Crippen LogP contribution in [0.5, 0.6) is 11.6 Å². The van der Waals surface area contributed by atoms with Gasteiger partial charge in [0.1, 0.15) is 12.4 Å². The Kier molecular flexibility index (Phi) is 4.43. The molecule has 9 nitrogen and oxygen atoms in total. The van der Waals surface area contributed by atoms with Crippen LogP contribution >= 0.6 is 0 Å². The summed E-state index contributed by atoms with van der Waals surface area (Å²) in [5.41, 5.74) is 9.63. The van der Waals surface area contributed by atoms with Gasteiger partial charge in [0.15, 0.2) is 11.3 Å².